The van der Waals surface area contributed by atoms with E-state index < -0.39 is 17.9 Å². The zero-order chi connectivity index (χ0) is 9.78. The number of hydrogen-bond acceptors (Lipinski definition) is 3. The van der Waals surface area contributed by atoms with Gasteiger partial charge in [-0.05, 0) is 0 Å². The Bertz CT molecular complexity index is 190. The van der Waals surface area contributed by atoms with E-state index in [1.807, 2.05) is 0 Å². The van der Waals surface area contributed by atoms with Gasteiger partial charge in [-0.2, -0.15) is 8.78 Å². The van der Waals surface area contributed by atoms with E-state index in [0.717, 1.165) is 7.11 Å². The van der Waals surface area contributed by atoms with Crippen molar-refractivity contribution in [1.29, 1.82) is 0 Å². The number of alkyl halides is 2. The number of carbonyl (C=O) groups excluding carboxylic acids is 2. The molecule has 0 aliphatic heterocycles. The molecule has 0 aromatic heterocycles. The molecule has 7 heteroatoms. The molecule has 0 aromatic rings. The maximum atomic E-state index is 12.1. The molecule has 0 radical (unpaired) electrons. The number of halogens is 2. The van der Waals surface area contributed by atoms with Gasteiger partial charge in [0.25, 0.3) is 0 Å². The topological polar surface area (TPSA) is 67.4 Å². The standard InChI is InChI=1S/C5H8F2N2O3/c1-5(6,7)3(10)8-9-4(11)12-2/h1-2H3,(H,8,10)(H,9,11). The van der Waals surface area contributed by atoms with Gasteiger partial charge in [-0.3, -0.25) is 10.2 Å². The van der Waals surface area contributed by atoms with E-state index >= 15 is 0 Å². The fourth-order valence-electron chi connectivity index (χ4n) is 0.269. The molecule has 0 atom stereocenters. The first kappa shape index (κ1) is 10.6. The number of rotatable bonds is 1. The third-order valence-electron chi connectivity index (χ3n) is 0.862. The fourth-order valence-corrected chi connectivity index (χ4v) is 0.269. The van der Waals surface area contributed by atoms with Crippen LogP contribution in [0.4, 0.5) is 13.6 Å². The first-order valence-electron chi connectivity index (χ1n) is 2.90. The van der Waals surface area contributed by atoms with Crippen molar-refractivity contribution in [3.05, 3.63) is 0 Å². The molecule has 0 unspecified atom stereocenters. The zero-order valence-corrected chi connectivity index (χ0v) is 6.48. The minimum absolute atomic E-state index is 0.404. The van der Waals surface area contributed by atoms with Gasteiger partial charge >= 0.3 is 17.9 Å². The molecule has 0 fully saturated rings. The first-order chi connectivity index (χ1) is 5.38. The van der Waals surface area contributed by atoms with Gasteiger partial charge in [-0.15, -0.1) is 0 Å². The van der Waals surface area contributed by atoms with Gasteiger partial charge in [-0.1, -0.05) is 0 Å². The van der Waals surface area contributed by atoms with Gasteiger partial charge in [-0.25, -0.2) is 10.2 Å². The van der Waals surface area contributed by atoms with Crippen molar-refractivity contribution < 1.29 is 23.1 Å². The number of methoxy groups -OCH3 is 1. The highest BCUT2D eigenvalue weighted by Crippen LogP contribution is 2.09. The molecule has 0 aliphatic rings. The minimum atomic E-state index is -3.53. The molecule has 0 aliphatic carbocycles. The van der Waals surface area contributed by atoms with Crippen LogP contribution < -0.4 is 10.9 Å². The Kier molecular flexibility index (Phi) is 3.39. The van der Waals surface area contributed by atoms with Gasteiger partial charge in [0, 0.05) is 6.92 Å². The van der Waals surface area contributed by atoms with Crippen LogP contribution in [0.5, 0.6) is 0 Å². The molecule has 5 nitrogen and oxygen atoms in total. The van der Waals surface area contributed by atoms with Crippen molar-refractivity contribution in [2.24, 2.45) is 0 Å². The summed E-state index contributed by atoms with van der Waals surface area (Å²) < 4.78 is 28.1. The van der Waals surface area contributed by atoms with E-state index in [1.165, 1.54) is 5.43 Å². The van der Waals surface area contributed by atoms with Gasteiger partial charge in [0.1, 0.15) is 0 Å². The number of ether oxygens (including phenoxy) is 1. The van der Waals surface area contributed by atoms with Crippen LogP contribution >= 0.6 is 0 Å². The van der Waals surface area contributed by atoms with E-state index in [0.29, 0.717) is 6.92 Å². The van der Waals surface area contributed by atoms with Crippen molar-refractivity contribution >= 4 is 12.0 Å². The maximum absolute atomic E-state index is 12.1. The van der Waals surface area contributed by atoms with Crippen LogP contribution in [0.15, 0.2) is 0 Å². The Hall–Kier alpha value is -1.40. The molecule has 0 bridgehead atoms. The minimum Gasteiger partial charge on any atom is -0.452 e. The van der Waals surface area contributed by atoms with E-state index in [1.54, 1.807) is 5.43 Å². The Morgan fingerprint density at radius 2 is 1.83 bits per heavy atom. The van der Waals surface area contributed by atoms with Crippen molar-refractivity contribution in [2.45, 2.75) is 12.8 Å². The Labute approximate surface area is 67.0 Å². The summed E-state index contributed by atoms with van der Waals surface area (Å²) in [5.74, 6) is -5.13. The van der Waals surface area contributed by atoms with Crippen LogP contribution in [-0.4, -0.2) is 25.0 Å². The summed E-state index contributed by atoms with van der Waals surface area (Å²) in [5.41, 5.74) is 3.06. The lowest BCUT2D eigenvalue weighted by Gasteiger charge is -2.10. The highest BCUT2D eigenvalue weighted by molar-refractivity contribution is 5.84. The smallest absolute Gasteiger partial charge is 0.425 e. The number of nitrogens with one attached hydrogen (secondary N) is 2. The predicted molar refractivity (Wildman–Crippen MR) is 34.3 cm³/mol. The quantitative estimate of drug-likeness (QED) is 0.562. The number of carbonyl (C=O) groups is 2. The molecule has 0 spiro atoms. The lowest BCUT2D eigenvalue weighted by Crippen LogP contribution is -2.48. The van der Waals surface area contributed by atoms with E-state index in [9.17, 15) is 18.4 Å². The molecule has 2 amide bonds. The summed E-state index contributed by atoms with van der Waals surface area (Å²) in [7, 11) is 1.03. The van der Waals surface area contributed by atoms with Crippen molar-refractivity contribution in [2.75, 3.05) is 7.11 Å². The van der Waals surface area contributed by atoms with Crippen LogP contribution in [0, 0.1) is 0 Å². The molecule has 70 valence electrons. The summed E-state index contributed by atoms with van der Waals surface area (Å²) in [5, 5.41) is 0. The fraction of sp³-hybridized carbons (Fsp3) is 0.600. The highest BCUT2D eigenvalue weighted by Gasteiger charge is 2.32. The van der Waals surface area contributed by atoms with Gasteiger partial charge in [0.2, 0.25) is 0 Å². The average molecular weight is 182 g/mol. The number of hydrogen-bond donors (Lipinski definition) is 2. The summed E-state index contributed by atoms with van der Waals surface area (Å²) in [6, 6.07) is 0. The van der Waals surface area contributed by atoms with Gasteiger partial charge < -0.3 is 4.74 Å². The molecule has 0 rings (SSSR count). The average Bonchev–Trinajstić information content (AvgIpc) is 1.97. The molecule has 0 heterocycles. The number of hydrazine groups is 1. The second-order valence-electron chi connectivity index (χ2n) is 1.96. The Balaban J connectivity index is 3.81. The third-order valence-corrected chi connectivity index (χ3v) is 0.862. The van der Waals surface area contributed by atoms with E-state index in [-0.39, 0.29) is 0 Å². The van der Waals surface area contributed by atoms with Gasteiger partial charge in [0.15, 0.2) is 0 Å². The van der Waals surface area contributed by atoms with Crippen LogP contribution in [0.2, 0.25) is 0 Å². The summed E-state index contributed by atoms with van der Waals surface area (Å²) >= 11 is 0. The highest BCUT2D eigenvalue weighted by atomic mass is 19.3. The summed E-state index contributed by atoms with van der Waals surface area (Å²) in [6.45, 7) is 0.404. The van der Waals surface area contributed by atoms with Crippen molar-refractivity contribution in [3.8, 4) is 0 Å². The van der Waals surface area contributed by atoms with Crippen LogP contribution in [0.25, 0.3) is 0 Å². The normalized spacial score (nSPS) is 10.3. The molecule has 0 saturated heterocycles. The second kappa shape index (κ2) is 3.84. The first-order valence-corrected chi connectivity index (χ1v) is 2.90. The molecule has 12 heavy (non-hydrogen) atoms. The van der Waals surface area contributed by atoms with Crippen LogP contribution in [0.3, 0.4) is 0 Å². The van der Waals surface area contributed by atoms with Crippen molar-refractivity contribution in [1.82, 2.24) is 10.9 Å². The predicted octanol–water partition coefficient (Wildman–Crippen LogP) is 0.0288. The molecule has 0 aromatic carbocycles. The zero-order valence-electron chi connectivity index (χ0n) is 6.48. The largest absolute Gasteiger partial charge is 0.452 e. The number of amides is 2. The molecular formula is C5H8F2N2O3. The van der Waals surface area contributed by atoms with Gasteiger partial charge in [0.05, 0.1) is 7.11 Å². The molecular weight excluding hydrogens is 174 g/mol. The van der Waals surface area contributed by atoms with E-state index in [4.69, 9.17) is 0 Å². The van der Waals surface area contributed by atoms with Crippen molar-refractivity contribution in [3.63, 3.8) is 0 Å². The van der Waals surface area contributed by atoms with Crippen LogP contribution in [-0.2, 0) is 9.53 Å². The van der Waals surface area contributed by atoms with E-state index in [2.05, 4.69) is 4.74 Å². The third kappa shape index (κ3) is 3.69. The maximum Gasteiger partial charge on any atom is 0.425 e. The Morgan fingerprint density at radius 3 is 2.17 bits per heavy atom. The molecule has 0 saturated carbocycles. The lowest BCUT2D eigenvalue weighted by molar-refractivity contribution is -0.143. The second-order valence-corrected chi connectivity index (χ2v) is 1.96. The van der Waals surface area contributed by atoms with Crippen LogP contribution in [0.1, 0.15) is 6.92 Å². The summed E-state index contributed by atoms with van der Waals surface area (Å²) in [6.07, 6.45) is -1.02. The molecule has 2 N–H and O–H groups in total. The Morgan fingerprint density at radius 1 is 1.33 bits per heavy atom. The lowest BCUT2D eigenvalue weighted by atomic mass is 10.4. The monoisotopic (exact) mass is 182 g/mol. The SMILES string of the molecule is COC(=O)NNC(=O)C(C)(F)F. The summed E-state index contributed by atoms with van der Waals surface area (Å²) in [4.78, 5) is 20.6.